The molecule has 3 heterocycles. The Bertz CT molecular complexity index is 1550. The summed E-state index contributed by atoms with van der Waals surface area (Å²) in [4.78, 5) is 16.4. The molecule has 1 unspecified atom stereocenters. The molecular weight excluding hydrogens is 474 g/mol. The van der Waals surface area contributed by atoms with E-state index < -0.39 is 17.9 Å². The number of imidazole rings is 1. The maximum absolute atomic E-state index is 15.7. The number of hydrogen-bond donors (Lipinski definition) is 2. The molecule has 0 bridgehead atoms. The molecule has 0 aliphatic heterocycles. The number of pyridine rings is 1. The second-order valence-corrected chi connectivity index (χ2v) is 10.1. The summed E-state index contributed by atoms with van der Waals surface area (Å²) < 4.78 is 30.6. The van der Waals surface area contributed by atoms with Crippen molar-refractivity contribution in [3.05, 3.63) is 47.1 Å². The van der Waals surface area contributed by atoms with Gasteiger partial charge in [0, 0.05) is 28.3 Å². The summed E-state index contributed by atoms with van der Waals surface area (Å²) >= 11 is 6.62. The summed E-state index contributed by atoms with van der Waals surface area (Å²) in [5, 5.41) is 19.9. The van der Waals surface area contributed by atoms with Crippen LogP contribution in [0.2, 0.25) is 5.02 Å². The van der Waals surface area contributed by atoms with Crippen LogP contribution in [0.3, 0.4) is 0 Å². The number of nitrogens with one attached hydrogen (secondary N) is 2. The molecule has 10 heteroatoms. The number of hydrogen-bond acceptors (Lipinski definition) is 4. The molecule has 7 nitrogen and oxygen atoms in total. The number of rotatable bonds is 6. The van der Waals surface area contributed by atoms with Crippen molar-refractivity contribution in [2.45, 2.75) is 44.7 Å². The lowest BCUT2D eigenvalue weighted by Crippen LogP contribution is -2.15. The number of carbonyl (C=O) groups excluding carboxylic acids is 1. The van der Waals surface area contributed by atoms with E-state index in [0.29, 0.717) is 45.5 Å². The summed E-state index contributed by atoms with van der Waals surface area (Å²) in [6.07, 6.45) is 6.36. The standard InChI is InChI=1S/C25H21ClF2N6O/c1-12(7-25(11-29)4-5-25)19-22(28)21(26)20(15-8-30-33-23(15)19)13-2-3-18-31-17(10-34(18)9-13)32-24(35)14-6-16(14)27/h2-3,8-10,12,14,16H,4-7H2,1H3,(H,30,33)(H,32,35)/t12?,14-,16+/m1/s1. The van der Waals surface area contributed by atoms with E-state index in [1.165, 1.54) is 0 Å². The van der Waals surface area contributed by atoms with Crippen molar-refractivity contribution >= 4 is 39.9 Å². The van der Waals surface area contributed by atoms with Crippen LogP contribution < -0.4 is 5.32 Å². The Morgan fingerprint density at radius 2 is 2.20 bits per heavy atom. The van der Waals surface area contributed by atoms with E-state index >= 15 is 4.39 Å². The van der Waals surface area contributed by atoms with Crippen LogP contribution in [-0.4, -0.2) is 31.7 Å². The van der Waals surface area contributed by atoms with Gasteiger partial charge in [0.1, 0.15) is 17.6 Å². The van der Waals surface area contributed by atoms with Crippen molar-refractivity contribution in [1.82, 2.24) is 19.6 Å². The van der Waals surface area contributed by atoms with Gasteiger partial charge in [-0.25, -0.2) is 13.8 Å². The largest absolute Gasteiger partial charge is 0.309 e. The van der Waals surface area contributed by atoms with Gasteiger partial charge < -0.3 is 9.72 Å². The summed E-state index contributed by atoms with van der Waals surface area (Å²) in [7, 11) is 0. The second kappa shape index (κ2) is 7.75. The number of H-pyrrole nitrogens is 1. The monoisotopic (exact) mass is 494 g/mol. The Morgan fingerprint density at radius 3 is 2.89 bits per heavy atom. The van der Waals surface area contributed by atoms with Gasteiger partial charge in [-0.2, -0.15) is 10.4 Å². The first-order valence-electron chi connectivity index (χ1n) is 11.5. The van der Waals surface area contributed by atoms with Gasteiger partial charge in [0.15, 0.2) is 5.82 Å². The highest BCUT2D eigenvalue weighted by atomic mass is 35.5. The van der Waals surface area contributed by atoms with Gasteiger partial charge in [0.25, 0.3) is 0 Å². The maximum atomic E-state index is 15.7. The van der Waals surface area contributed by atoms with Crippen LogP contribution in [0.15, 0.2) is 30.7 Å². The average Bonchev–Trinajstić information content (AvgIpc) is 3.66. The van der Waals surface area contributed by atoms with E-state index in [1.807, 2.05) is 6.92 Å². The molecule has 0 radical (unpaired) electrons. The maximum Gasteiger partial charge on any atom is 0.231 e. The highest BCUT2D eigenvalue weighted by Gasteiger charge is 2.45. The third-order valence-electron chi connectivity index (χ3n) is 7.15. The number of halogens is 3. The third kappa shape index (κ3) is 3.64. The molecule has 0 saturated heterocycles. The summed E-state index contributed by atoms with van der Waals surface area (Å²) in [5.74, 6) is -1.43. The molecule has 2 fully saturated rings. The summed E-state index contributed by atoms with van der Waals surface area (Å²) in [6, 6.07) is 5.89. The fraction of sp³-hybridized carbons (Fsp3) is 0.360. The number of nitriles is 1. The van der Waals surface area contributed by atoms with Crippen molar-refractivity contribution < 1.29 is 13.6 Å². The molecule has 1 aromatic carbocycles. The zero-order valence-electron chi connectivity index (χ0n) is 18.8. The van der Waals surface area contributed by atoms with Crippen molar-refractivity contribution in [3.63, 3.8) is 0 Å². The quantitative estimate of drug-likeness (QED) is 0.356. The van der Waals surface area contributed by atoms with E-state index in [1.54, 1.807) is 35.1 Å². The van der Waals surface area contributed by atoms with E-state index in [-0.39, 0.29) is 28.7 Å². The zero-order chi connectivity index (χ0) is 24.5. The number of amides is 1. The number of anilines is 1. The predicted molar refractivity (Wildman–Crippen MR) is 127 cm³/mol. The molecule has 4 aromatic rings. The smallest absolute Gasteiger partial charge is 0.231 e. The van der Waals surface area contributed by atoms with Crippen LogP contribution in [0, 0.1) is 28.5 Å². The molecule has 2 aliphatic carbocycles. The van der Waals surface area contributed by atoms with Crippen LogP contribution in [0.4, 0.5) is 14.6 Å². The minimum absolute atomic E-state index is 0.0155. The molecule has 0 spiro atoms. The van der Waals surface area contributed by atoms with Crippen LogP contribution >= 0.6 is 11.6 Å². The molecule has 2 aliphatic rings. The first-order chi connectivity index (χ1) is 16.8. The average molecular weight is 495 g/mol. The molecular formula is C25H21ClF2N6O. The summed E-state index contributed by atoms with van der Waals surface area (Å²) in [5.41, 5.74) is 2.31. The van der Waals surface area contributed by atoms with Gasteiger partial charge in [-0.05, 0) is 43.7 Å². The Labute approximate surface area is 204 Å². The number of fused-ring (bicyclic) bond motifs is 2. The van der Waals surface area contributed by atoms with Crippen molar-refractivity contribution in [3.8, 4) is 17.2 Å². The van der Waals surface area contributed by atoms with Gasteiger partial charge in [-0.3, -0.25) is 9.89 Å². The lowest BCUT2D eigenvalue weighted by Gasteiger charge is -2.19. The van der Waals surface area contributed by atoms with Crippen molar-refractivity contribution in [1.29, 1.82) is 5.26 Å². The van der Waals surface area contributed by atoms with Gasteiger partial charge in [0.05, 0.1) is 40.3 Å². The Balaban J connectivity index is 1.39. The molecule has 2 N–H and O–H groups in total. The van der Waals surface area contributed by atoms with Gasteiger partial charge >= 0.3 is 0 Å². The van der Waals surface area contributed by atoms with Gasteiger partial charge in [-0.1, -0.05) is 18.5 Å². The fourth-order valence-electron chi connectivity index (χ4n) is 4.94. The highest BCUT2D eigenvalue weighted by molar-refractivity contribution is 6.35. The van der Waals surface area contributed by atoms with Crippen molar-refractivity contribution in [2.75, 3.05) is 5.32 Å². The number of aromatic nitrogens is 4. The normalized spacial score (nSPS) is 21.1. The van der Waals surface area contributed by atoms with Crippen LogP contribution in [-0.2, 0) is 4.79 Å². The Morgan fingerprint density at radius 1 is 1.43 bits per heavy atom. The zero-order valence-corrected chi connectivity index (χ0v) is 19.5. The molecule has 2 saturated carbocycles. The van der Waals surface area contributed by atoms with E-state index in [0.717, 1.165) is 12.8 Å². The predicted octanol–water partition coefficient (Wildman–Crippen LogP) is 5.76. The highest BCUT2D eigenvalue weighted by Crippen LogP contribution is 2.53. The minimum Gasteiger partial charge on any atom is -0.309 e. The Hall–Kier alpha value is -3.51. The van der Waals surface area contributed by atoms with Crippen molar-refractivity contribution in [2.24, 2.45) is 11.3 Å². The SMILES string of the molecule is CC(CC1(C#N)CC1)c1c(F)c(Cl)c(-c2ccc3nc(NC(=O)[C@@H]4C[C@@H]4F)cn3c2)c2cn[nH]c12. The molecule has 3 atom stereocenters. The fourth-order valence-corrected chi connectivity index (χ4v) is 5.25. The van der Waals surface area contributed by atoms with Crippen LogP contribution in [0.25, 0.3) is 27.7 Å². The van der Waals surface area contributed by atoms with Crippen LogP contribution in [0.5, 0.6) is 0 Å². The third-order valence-corrected chi connectivity index (χ3v) is 7.50. The molecule has 3 aromatic heterocycles. The molecule has 35 heavy (non-hydrogen) atoms. The second-order valence-electron chi connectivity index (χ2n) is 9.73. The lowest BCUT2D eigenvalue weighted by molar-refractivity contribution is -0.117. The lowest BCUT2D eigenvalue weighted by atomic mass is 9.86. The number of aromatic amines is 1. The number of nitrogens with zero attached hydrogens (tertiary/aromatic N) is 4. The molecule has 6 rings (SSSR count). The number of alkyl halides is 1. The van der Waals surface area contributed by atoms with E-state index in [9.17, 15) is 14.4 Å². The first kappa shape index (κ1) is 22.0. The first-order valence-corrected chi connectivity index (χ1v) is 11.9. The van der Waals surface area contributed by atoms with E-state index in [4.69, 9.17) is 11.6 Å². The van der Waals surface area contributed by atoms with Crippen LogP contribution in [0.1, 0.15) is 44.1 Å². The molecule has 178 valence electrons. The Kier molecular flexibility index (Phi) is 4.87. The number of carbonyl (C=O) groups is 1. The topological polar surface area (TPSA) is 98.9 Å². The minimum atomic E-state index is -1.09. The van der Waals surface area contributed by atoms with Gasteiger partial charge in [0.2, 0.25) is 5.91 Å². The van der Waals surface area contributed by atoms with Gasteiger partial charge in [-0.15, -0.1) is 0 Å². The summed E-state index contributed by atoms with van der Waals surface area (Å²) in [6.45, 7) is 1.91. The molecule has 1 amide bonds. The number of benzene rings is 1. The van der Waals surface area contributed by atoms with E-state index in [2.05, 4.69) is 26.6 Å².